The van der Waals surface area contributed by atoms with E-state index < -0.39 is 0 Å². The molecule has 0 radical (unpaired) electrons. The van der Waals surface area contributed by atoms with Crippen LogP contribution in [0.25, 0.3) is 0 Å². The number of rotatable bonds is 3. The maximum absolute atomic E-state index is 9.71. The SMILES string of the molecule is COc1cc(O)cc2c1[C@@H](c1oc(C)c(CO)c1C)OC2. The second-order valence-corrected chi connectivity index (χ2v) is 5.20. The zero-order chi connectivity index (χ0) is 15.1. The molecule has 0 fully saturated rings. The van der Waals surface area contributed by atoms with E-state index >= 15 is 0 Å². The van der Waals surface area contributed by atoms with E-state index in [1.54, 1.807) is 19.2 Å². The Morgan fingerprint density at radius 1 is 1.33 bits per heavy atom. The van der Waals surface area contributed by atoms with E-state index in [2.05, 4.69) is 0 Å². The minimum atomic E-state index is -0.380. The summed E-state index contributed by atoms with van der Waals surface area (Å²) in [4.78, 5) is 0. The van der Waals surface area contributed by atoms with E-state index in [0.29, 0.717) is 23.9 Å². The Bertz CT molecular complexity index is 686. The molecule has 1 aromatic heterocycles. The Morgan fingerprint density at radius 2 is 2.10 bits per heavy atom. The fourth-order valence-electron chi connectivity index (χ4n) is 2.91. The molecule has 0 bridgehead atoms. The van der Waals surface area contributed by atoms with Gasteiger partial charge in [0, 0.05) is 17.2 Å². The lowest BCUT2D eigenvalue weighted by molar-refractivity contribution is 0.0763. The molecule has 0 saturated carbocycles. The number of hydrogen-bond acceptors (Lipinski definition) is 5. The molecule has 0 unspecified atom stereocenters. The standard InChI is InChI=1S/C16H18O5/c1-8-12(6-17)9(2)21-15(8)16-14-10(7-20-16)4-11(18)5-13(14)19-3/h4-5,16-18H,6-7H2,1-3H3/t16-/m0/s1. The molecule has 1 aromatic carbocycles. The first-order chi connectivity index (χ1) is 10.1. The fourth-order valence-corrected chi connectivity index (χ4v) is 2.91. The molecule has 2 N–H and O–H groups in total. The normalized spacial score (nSPS) is 17.0. The average Bonchev–Trinajstić information content (AvgIpc) is 2.98. The van der Waals surface area contributed by atoms with E-state index in [0.717, 1.165) is 22.3 Å². The Morgan fingerprint density at radius 3 is 2.71 bits per heavy atom. The van der Waals surface area contributed by atoms with Gasteiger partial charge in [-0.15, -0.1) is 0 Å². The number of benzene rings is 1. The van der Waals surface area contributed by atoms with E-state index in [1.165, 1.54) is 0 Å². The van der Waals surface area contributed by atoms with Crippen LogP contribution in [-0.4, -0.2) is 17.3 Å². The summed E-state index contributed by atoms with van der Waals surface area (Å²) in [7, 11) is 1.56. The molecule has 1 atom stereocenters. The topological polar surface area (TPSA) is 72.1 Å². The van der Waals surface area contributed by atoms with Crippen molar-refractivity contribution in [3.8, 4) is 11.5 Å². The number of aryl methyl sites for hydroxylation is 1. The third-order valence-electron chi connectivity index (χ3n) is 4.01. The summed E-state index contributed by atoms with van der Waals surface area (Å²) in [5.74, 6) is 2.10. The summed E-state index contributed by atoms with van der Waals surface area (Å²) < 4.78 is 17.0. The number of methoxy groups -OCH3 is 1. The summed E-state index contributed by atoms with van der Waals surface area (Å²) in [6.07, 6.45) is -0.380. The van der Waals surface area contributed by atoms with Crippen LogP contribution in [0.3, 0.4) is 0 Å². The molecule has 0 amide bonds. The van der Waals surface area contributed by atoms with Crippen molar-refractivity contribution in [1.82, 2.24) is 0 Å². The van der Waals surface area contributed by atoms with Crippen molar-refractivity contribution < 1.29 is 24.1 Å². The van der Waals surface area contributed by atoms with Gasteiger partial charge in [-0.1, -0.05) is 0 Å². The summed E-state index contributed by atoms with van der Waals surface area (Å²) >= 11 is 0. The average molecular weight is 290 g/mol. The van der Waals surface area contributed by atoms with Crippen LogP contribution in [0.2, 0.25) is 0 Å². The molecule has 0 spiro atoms. The first-order valence-corrected chi connectivity index (χ1v) is 6.77. The van der Waals surface area contributed by atoms with E-state index in [-0.39, 0.29) is 18.5 Å². The van der Waals surface area contributed by atoms with Gasteiger partial charge in [0.15, 0.2) is 0 Å². The Balaban J connectivity index is 2.13. The smallest absolute Gasteiger partial charge is 0.145 e. The minimum Gasteiger partial charge on any atom is -0.508 e. The van der Waals surface area contributed by atoms with Crippen LogP contribution in [0, 0.1) is 13.8 Å². The van der Waals surface area contributed by atoms with Crippen LogP contribution in [-0.2, 0) is 18.0 Å². The van der Waals surface area contributed by atoms with Gasteiger partial charge in [0.1, 0.15) is 29.1 Å². The molecule has 112 valence electrons. The maximum atomic E-state index is 9.71. The number of fused-ring (bicyclic) bond motifs is 1. The van der Waals surface area contributed by atoms with Gasteiger partial charge in [0.25, 0.3) is 0 Å². The van der Waals surface area contributed by atoms with Gasteiger partial charge in [-0.2, -0.15) is 0 Å². The van der Waals surface area contributed by atoms with Crippen molar-refractivity contribution in [1.29, 1.82) is 0 Å². The molecule has 2 aromatic rings. The summed E-state index contributed by atoms with van der Waals surface area (Å²) in [5, 5.41) is 19.1. The quantitative estimate of drug-likeness (QED) is 0.909. The highest BCUT2D eigenvalue weighted by Crippen LogP contribution is 2.45. The second kappa shape index (κ2) is 5.09. The summed E-state index contributed by atoms with van der Waals surface area (Å²) in [6.45, 7) is 4.06. The van der Waals surface area contributed by atoms with Crippen molar-refractivity contribution >= 4 is 0 Å². The number of furan rings is 1. The molecule has 5 nitrogen and oxygen atoms in total. The third-order valence-corrected chi connectivity index (χ3v) is 4.01. The monoisotopic (exact) mass is 290 g/mol. The van der Waals surface area contributed by atoms with Crippen molar-refractivity contribution in [2.24, 2.45) is 0 Å². The molecule has 21 heavy (non-hydrogen) atoms. The van der Waals surface area contributed by atoms with E-state index in [4.69, 9.17) is 13.9 Å². The molecule has 3 rings (SSSR count). The van der Waals surface area contributed by atoms with Crippen molar-refractivity contribution in [2.45, 2.75) is 33.2 Å². The first-order valence-electron chi connectivity index (χ1n) is 6.77. The predicted molar refractivity (Wildman–Crippen MR) is 75.4 cm³/mol. The summed E-state index contributed by atoms with van der Waals surface area (Å²) in [5.41, 5.74) is 3.44. The summed E-state index contributed by atoms with van der Waals surface area (Å²) in [6, 6.07) is 3.24. The lowest BCUT2D eigenvalue weighted by Gasteiger charge is -2.13. The third kappa shape index (κ3) is 2.09. The molecule has 0 aliphatic carbocycles. The van der Waals surface area contributed by atoms with Gasteiger partial charge >= 0.3 is 0 Å². The molecule has 1 aliphatic heterocycles. The number of phenols is 1. The predicted octanol–water partition coefficient (Wildman–Crippen LogP) is 2.72. The molecule has 0 saturated heterocycles. The zero-order valence-corrected chi connectivity index (χ0v) is 12.3. The maximum Gasteiger partial charge on any atom is 0.145 e. The lowest BCUT2D eigenvalue weighted by atomic mass is 9.99. The molecule has 1 aliphatic rings. The molecular weight excluding hydrogens is 272 g/mol. The minimum absolute atomic E-state index is 0.0620. The van der Waals surface area contributed by atoms with Gasteiger partial charge in [0.05, 0.1) is 20.3 Å². The van der Waals surface area contributed by atoms with Gasteiger partial charge in [-0.3, -0.25) is 0 Å². The Labute approximate surface area is 122 Å². The van der Waals surface area contributed by atoms with E-state index in [9.17, 15) is 10.2 Å². The largest absolute Gasteiger partial charge is 0.508 e. The molecule has 5 heteroatoms. The zero-order valence-electron chi connectivity index (χ0n) is 12.3. The van der Waals surface area contributed by atoms with Crippen LogP contribution in [0.5, 0.6) is 11.5 Å². The van der Waals surface area contributed by atoms with Crippen LogP contribution < -0.4 is 4.74 Å². The Hall–Kier alpha value is -1.98. The number of aliphatic hydroxyl groups is 1. The van der Waals surface area contributed by atoms with Gasteiger partial charge in [-0.25, -0.2) is 0 Å². The van der Waals surface area contributed by atoms with Crippen molar-refractivity contribution in [3.05, 3.63) is 45.9 Å². The number of ether oxygens (including phenoxy) is 2. The van der Waals surface area contributed by atoms with Gasteiger partial charge in [-0.05, 0) is 31.0 Å². The van der Waals surface area contributed by atoms with Crippen LogP contribution in [0.1, 0.15) is 39.9 Å². The fraction of sp³-hybridized carbons (Fsp3) is 0.375. The highest BCUT2D eigenvalue weighted by molar-refractivity contribution is 5.52. The highest BCUT2D eigenvalue weighted by atomic mass is 16.5. The first kappa shape index (κ1) is 14.0. The second-order valence-electron chi connectivity index (χ2n) is 5.20. The number of phenolic OH excluding ortho intramolecular Hbond substituents is 1. The van der Waals surface area contributed by atoms with Gasteiger partial charge in [0.2, 0.25) is 0 Å². The molecule has 2 heterocycles. The highest BCUT2D eigenvalue weighted by Gasteiger charge is 2.33. The van der Waals surface area contributed by atoms with Crippen molar-refractivity contribution in [3.63, 3.8) is 0 Å². The number of aromatic hydroxyl groups is 1. The van der Waals surface area contributed by atoms with Crippen molar-refractivity contribution in [2.75, 3.05) is 7.11 Å². The number of aliphatic hydroxyl groups excluding tert-OH is 1. The number of hydrogen-bond donors (Lipinski definition) is 2. The Kier molecular flexibility index (Phi) is 3.39. The molecular formula is C16H18O5. The van der Waals surface area contributed by atoms with Crippen LogP contribution in [0.15, 0.2) is 16.5 Å². The van der Waals surface area contributed by atoms with Gasteiger partial charge < -0.3 is 24.1 Å². The lowest BCUT2D eigenvalue weighted by Crippen LogP contribution is -2.02. The van der Waals surface area contributed by atoms with Crippen LogP contribution >= 0.6 is 0 Å². The van der Waals surface area contributed by atoms with Crippen LogP contribution in [0.4, 0.5) is 0 Å². The van der Waals surface area contributed by atoms with E-state index in [1.807, 2.05) is 13.8 Å².